The minimum absolute atomic E-state index is 0.252. The Morgan fingerprint density at radius 1 is 1.15 bits per heavy atom. The minimum atomic E-state index is -1.01. The maximum Gasteiger partial charge on any atom is 0.155 e. The summed E-state index contributed by atoms with van der Waals surface area (Å²) in [5.41, 5.74) is 1.48. The van der Waals surface area contributed by atoms with E-state index in [0.29, 0.717) is 53.9 Å². The Bertz CT molecular complexity index is 1120. The molecule has 6 heteroatoms. The van der Waals surface area contributed by atoms with Crippen molar-refractivity contribution in [2.24, 2.45) is 35.0 Å². The summed E-state index contributed by atoms with van der Waals surface area (Å²) in [5.74, 6) is 2.69. The van der Waals surface area contributed by atoms with Gasteiger partial charge >= 0.3 is 0 Å². The van der Waals surface area contributed by atoms with Crippen molar-refractivity contribution in [1.82, 2.24) is 15.0 Å². The molecule has 1 aromatic heterocycles. The maximum absolute atomic E-state index is 13.3. The Labute approximate surface area is 194 Å². The summed E-state index contributed by atoms with van der Waals surface area (Å²) in [6.07, 6.45) is 10.2. The van der Waals surface area contributed by atoms with Crippen molar-refractivity contribution in [3.63, 3.8) is 0 Å². The number of ketones is 1. The van der Waals surface area contributed by atoms with Crippen LogP contribution >= 0.6 is 0 Å². The van der Waals surface area contributed by atoms with Crippen LogP contribution in [0.15, 0.2) is 42.1 Å². The molecule has 5 nitrogen and oxygen atoms in total. The van der Waals surface area contributed by atoms with Gasteiger partial charge in [0.25, 0.3) is 0 Å². The van der Waals surface area contributed by atoms with E-state index in [2.05, 4.69) is 24.2 Å². The van der Waals surface area contributed by atoms with E-state index >= 15 is 0 Å². The molecule has 0 radical (unpaired) electrons. The number of hydrogen-bond acceptors (Lipinski definition) is 4. The first kappa shape index (κ1) is 21.2. The van der Waals surface area contributed by atoms with Crippen LogP contribution < -0.4 is 0 Å². The first-order chi connectivity index (χ1) is 15.8. The van der Waals surface area contributed by atoms with Crippen molar-refractivity contribution >= 4 is 5.78 Å². The molecule has 33 heavy (non-hydrogen) atoms. The van der Waals surface area contributed by atoms with Crippen molar-refractivity contribution in [2.75, 3.05) is 0 Å². The molecule has 174 valence electrons. The topological polar surface area (TPSA) is 68.0 Å². The lowest BCUT2D eigenvalue weighted by Gasteiger charge is -2.57. The number of nitrogens with zero attached hydrogens (tertiary/aromatic N) is 3. The fourth-order valence-corrected chi connectivity index (χ4v) is 8.20. The summed E-state index contributed by atoms with van der Waals surface area (Å²) in [4.78, 5) is 12.0. The predicted octanol–water partition coefficient (Wildman–Crippen LogP) is 4.98. The Morgan fingerprint density at radius 3 is 2.73 bits per heavy atom. The largest absolute Gasteiger partial charge is 0.383 e. The number of benzene rings is 1. The Hall–Kier alpha value is -2.34. The number of allylic oxidation sites excluding steroid dienone is 1. The normalized spacial score (nSPS) is 40.1. The summed E-state index contributed by atoms with van der Waals surface area (Å²) in [7, 11) is 0. The fraction of sp³-hybridized carbons (Fsp3) is 0.593. The second-order valence-corrected chi connectivity index (χ2v) is 11.2. The van der Waals surface area contributed by atoms with Crippen molar-refractivity contribution in [3.05, 3.63) is 53.6 Å². The van der Waals surface area contributed by atoms with Gasteiger partial charge in [-0.15, -0.1) is 5.10 Å². The molecule has 1 N–H and O–H groups in total. The average Bonchev–Trinajstić information content (AvgIpc) is 3.38. The fourth-order valence-electron chi connectivity index (χ4n) is 8.20. The first-order valence-corrected chi connectivity index (χ1v) is 12.4. The highest BCUT2D eigenvalue weighted by Crippen LogP contribution is 2.68. The highest BCUT2D eigenvalue weighted by Gasteiger charge is 2.64. The standard InChI is InChI=1S/C27H32FN3O2/c1-16-13-17-14-20(32)7-8-21(17)22-9-11-26(2)23(25(16)22)10-12-27(26,33)24-15-31(30-29-24)19-5-3-18(28)4-6-19/h3-6,14-16,21-23,25,33H,7-13H2,1-2H3/t16-,21?,22?,23?,25?,26+,27-/m1/s1. The lowest BCUT2D eigenvalue weighted by molar-refractivity contribution is -0.134. The quantitative estimate of drug-likeness (QED) is 0.702. The molecule has 2 aromatic rings. The van der Waals surface area contributed by atoms with E-state index in [4.69, 9.17) is 0 Å². The summed E-state index contributed by atoms with van der Waals surface area (Å²) in [5, 5.41) is 20.8. The van der Waals surface area contributed by atoms with E-state index in [0.717, 1.165) is 37.8 Å². The van der Waals surface area contributed by atoms with E-state index < -0.39 is 5.60 Å². The number of aromatic nitrogens is 3. The molecule has 4 aliphatic rings. The summed E-state index contributed by atoms with van der Waals surface area (Å²) in [6.45, 7) is 4.61. The molecule has 4 aliphatic carbocycles. The van der Waals surface area contributed by atoms with Gasteiger partial charge in [0.1, 0.15) is 17.1 Å². The number of rotatable bonds is 2. The Morgan fingerprint density at radius 2 is 1.94 bits per heavy atom. The molecule has 0 spiro atoms. The van der Waals surface area contributed by atoms with E-state index in [1.54, 1.807) is 16.8 Å². The lowest BCUT2D eigenvalue weighted by atomic mass is 9.48. The van der Waals surface area contributed by atoms with Crippen molar-refractivity contribution in [2.45, 2.75) is 64.4 Å². The highest BCUT2D eigenvalue weighted by molar-refractivity contribution is 5.91. The number of aliphatic hydroxyl groups is 1. The van der Waals surface area contributed by atoms with Gasteiger partial charge in [-0.25, -0.2) is 9.07 Å². The van der Waals surface area contributed by atoms with Crippen molar-refractivity contribution < 1.29 is 14.3 Å². The smallest absolute Gasteiger partial charge is 0.155 e. The Kier molecular flexibility index (Phi) is 4.71. The zero-order chi connectivity index (χ0) is 23.0. The maximum atomic E-state index is 13.3. The van der Waals surface area contributed by atoms with Crippen LogP contribution in [-0.4, -0.2) is 25.9 Å². The number of hydrogen-bond donors (Lipinski definition) is 1. The molecule has 6 rings (SSSR count). The average molecular weight is 450 g/mol. The van der Waals surface area contributed by atoms with Crippen LogP contribution in [0.3, 0.4) is 0 Å². The Balaban J connectivity index is 1.32. The lowest BCUT2D eigenvalue weighted by Crippen LogP contribution is -2.53. The van der Waals surface area contributed by atoms with Crippen molar-refractivity contribution in [3.8, 4) is 5.69 Å². The van der Waals surface area contributed by atoms with Crippen LogP contribution in [0.4, 0.5) is 4.39 Å². The molecular weight excluding hydrogens is 417 g/mol. The molecule has 1 heterocycles. The molecule has 4 unspecified atom stereocenters. The van der Waals surface area contributed by atoms with E-state index in [1.807, 2.05) is 12.3 Å². The van der Waals surface area contributed by atoms with Gasteiger partial charge < -0.3 is 5.11 Å². The third-order valence-corrected chi connectivity index (χ3v) is 9.80. The SMILES string of the molecule is C[C@@H]1CC2=CC(=O)CCC2C2CC[C@@]3(C)C(CC[C@@]3(O)c3cn(-c4ccc(F)cc4)nn3)C21. The molecule has 0 amide bonds. The third kappa shape index (κ3) is 3.02. The van der Waals surface area contributed by atoms with Gasteiger partial charge in [-0.1, -0.05) is 24.6 Å². The van der Waals surface area contributed by atoms with Crippen LogP contribution in [-0.2, 0) is 10.4 Å². The van der Waals surface area contributed by atoms with Crippen LogP contribution in [0.5, 0.6) is 0 Å². The summed E-state index contributed by atoms with van der Waals surface area (Å²) in [6, 6.07) is 6.16. The summed E-state index contributed by atoms with van der Waals surface area (Å²) < 4.78 is 15.0. The number of halogens is 1. The molecule has 0 saturated heterocycles. The van der Waals surface area contributed by atoms with Crippen molar-refractivity contribution in [1.29, 1.82) is 0 Å². The van der Waals surface area contributed by atoms with Crippen LogP contribution in [0.25, 0.3) is 5.69 Å². The van der Waals surface area contributed by atoms with E-state index in [9.17, 15) is 14.3 Å². The zero-order valence-corrected chi connectivity index (χ0v) is 19.4. The highest BCUT2D eigenvalue weighted by atomic mass is 19.1. The zero-order valence-electron chi connectivity index (χ0n) is 19.4. The van der Waals surface area contributed by atoms with Gasteiger partial charge in [0.2, 0.25) is 0 Å². The summed E-state index contributed by atoms with van der Waals surface area (Å²) >= 11 is 0. The molecule has 0 aliphatic heterocycles. The van der Waals surface area contributed by atoms with E-state index in [-0.39, 0.29) is 11.2 Å². The predicted molar refractivity (Wildman–Crippen MR) is 122 cm³/mol. The molecule has 3 saturated carbocycles. The number of carbonyl (C=O) groups is 1. The van der Waals surface area contributed by atoms with Gasteiger partial charge in [0.05, 0.1) is 11.9 Å². The van der Waals surface area contributed by atoms with Crippen LogP contribution in [0.1, 0.15) is 64.5 Å². The molecule has 7 atom stereocenters. The monoisotopic (exact) mass is 449 g/mol. The second-order valence-electron chi connectivity index (χ2n) is 11.2. The van der Waals surface area contributed by atoms with Gasteiger partial charge in [-0.2, -0.15) is 0 Å². The second kappa shape index (κ2) is 7.33. The van der Waals surface area contributed by atoms with Gasteiger partial charge in [-0.3, -0.25) is 4.79 Å². The molecule has 0 bridgehead atoms. The van der Waals surface area contributed by atoms with Gasteiger partial charge in [-0.05, 0) is 98.5 Å². The minimum Gasteiger partial charge on any atom is -0.383 e. The molecule has 1 aromatic carbocycles. The van der Waals surface area contributed by atoms with Crippen LogP contribution in [0, 0.1) is 40.8 Å². The van der Waals surface area contributed by atoms with Crippen LogP contribution in [0.2, 0.25) is 0 Å². The van der Waals surface area contributed by atoms with E-state index in [1.165, 1.54) is 17.7 Å². The number of carbonyl (C=O) groups excluding carboxylic acids is 1. The third-order valence-electron chi connectivity index (χ3n) is 9.80. The molecule has 3 fully saturated rings. The van der Waals surface area contributed by atoms with Gasteiger partial charge in [0, 0.05) is 11.8 Å². The van der Waals surface area contributed by atoms with Gasteiger partial charge in [0.15, 0.2) is 5.78 Å². The molecular formula is C27H32FN3O2. The first-order valence-electron chi connectivity index (χ1n) is 12.4. The number of fused-ring (bicyclic) bond motifs is 5.